The van der Waals surface area contributed by atoms with Crippen molar-refractivity contribution >= 4 is 17.2 Å². The van der Waals surface area contributed by atoms with Gasteiger partial charge < -0.3 is 9.69 Å². The van der Waals surface area contributed by atoms with E-state index in [1.807, 2.05) is 0 Å². The lowest BCUT2D eigenvalue weighted by Gasteiger charge is -2.47. The Bertz CT molecular complexity index is 942. The molecule has 3 unspecified atom stereocenters. The van der Waals surface area contributed by atoms with Crippen LogP contribution in [0.1, 0.15) is 36.8 Å². The Hall–Kier alpha value is -2.03. The van der Waals surface area contributed by atoms with Crippen molar-refractivity contribution in [1.29, 1.82) is 0 Å². The lowest BCUT2D eigenvalue weighted by Crippen LogP contribution is -2.57. The molecule has 4 rings (SSSR count). The first-order chi connectivity index (χ1) is 15.3. The average molecular weight is 449 g/mol. The number of hydrogen-bond acceptors (Lipinski definition) is 5. The average Bonchev–Trinajstić information content (AvgIpc) is 2.76. The molecule has 0 radical (unpaired) electrons. The van der Waals surface area contributed by atoms with Crippen molar-refractivity contribution in [2.24, 2.45) is 5.92 Å². The van der Waals surface area contributed by atoms with Crippen molar-refractivity contribution in [1.82, 2.24) is 19.7 Å². The Morgan fingerprint density at radius 2 is 1.88 bits per heavy atom. The highest BCUT2D eigenvalue weighted by molar-refractivity contribution is 5.86. The Morgan fingerprint density at radius 1 is 1.12 bits per heavy atom. The van der Waals surface area contributed by atoms with Crippen molar-refractivity contribution in [3.63, 3.8) is 0 Å². The number of carbonyl (C=O) groups is 1. The molecule has 0 spiro atoms. The van der Waals surface area contributed by atoms with Crippen LogP contribution in [0, 0.1) is 5.92 Å². The minimum Gasteiger partial charge on any atom is -0.304 e. The normalized spacial score (nSPS) is 25.2. The number of benzene rings is 1. The predicted molar refractivity (Wildman–Crippen MR) is 118 cm³/mol. The molecule has 8 heteroatoms. The van der Waals surface area contributed by atoms with Crippen LogP contribution < -0.4 is 0 Å². The molecule has 0 amide bonds. The molecule has 2 fully saturated rings. The molecule has 2 aromatic rings. The van der Waals surface area contributed by atoms with E-state index in [1.54, 1.807) is 18.2 Å². The molecule has 0 bridgehead atoms. The molecule has 2 aliphatic rings. The minimum absolute atomic E-state index is 0.0192. The highest BCUT2D eigenvalue weighted by Crippen LogP contribution is 2.40. The van der Waals surface area contributed by atoms with Crippen LogP contribution in [-0.2, 0) is 11.0 Å². The van der Waals surface area contributed by atoms with Gasteiger partial charge in [-0.25, -0.2) is 0 Å². The molecule has 0 saturated carbocycles. The van der Waals surface area contributed by atoms with Crippen LogP contribution in [0.2, 0.25) is 0 Å². The van der Waals surface area contributed by atoms with Gasteiger partial charge in [-0.15, -0.1) is 0 Å². The Balaban J connectivity index is 1.65. The first-order valence-corrected chi connectivity index (χ1v) is 11.3. The van der Waals surface area contributed by atoms with Crippen LogP contribution >= 0.6 is 0 Å². The van der Waals surface area contributed by atoms with Gasteiger partial charge in [-0.05, 0) is 43.0 Å². The molecule has 3 heterocycles. The molecule has 0 N–H and O–H groups in total. The van der Waals surface area contributed by atoms with Crippen LogP contribution in [0.3, 0.4) is 0 Å². The monoisotopic (exact) mass is 448 g/mol. The quantitative estimate of drug-likeness (QED) is 0.650. The second-order valence-corrected chi connectivity index (χ2v) is 9.31. The maximum atomic E-state index is 13.5. The summed E-state index contributed by atoms with van der Waals surface area (Å²) in [6.45, 7) is 7.57. The van der Waals surface area contributed by atoms with E-state index in [-0.39, 0.29) is 17.6 Å². The summed E-state index contributed by atoms with van der Waals surface area (Å²) < 4.78 is 40.6. The van der Waals surface area contributed by atoms with Gasteiger partial charge in [0.05, 0.1) is 17.2 Å². The van der Waals surface area contributed by atoms with Crippen LogP contribution in [-0.4, -0.2) is 78.5 Å². The SMILES string of the molecule is CC1CC(c2ccc(C(F)(F)F)c3ncccc23)CN(C(CC=O)N2CCN(C)CC2)C1. The topological polar surface area (TPSA) is 39.7 Å². The van der Waals surface area contributed by atoms with E-state index >= 15 is 0 Å². The standard InChI is InChI=1S/C24H31F3N4O/c1-17-14-18(16-31(15-17)22(7-13-32)30-11-9-29(2)10-12-30)19-5-6-21(24(25,26)27)23-20(19)4-3-8-28-23/h3-6,8,13,17-18,22H,7,9-12,14-16H2,1-2H3. The third-order valence-electron chi connectivity index (χ3n) is 6.92. The fourth-order valence-corrected chi connectivity index (χ4v) is 5.38. The number of pyridine rings is 1. The number of piperidine rings is 1. The lowest BCUT2D eigenvalue weighted by molar-refractivity contribution is -0.136. The maximum absolute atomic E-state index is 13.5. The van der Waals surface area contributed by atoms with Crippen LogP contribution in [0.5, 0.6) is 0 Å². The molecular weight excluding hydrogens is 417 g/mol. The second-order valence-electron chi connectivity index (χ2n) is 9.31. The lowest BCUT2D eigenvalue weighted by atomic mass is 9.83. The zero-order valence-corrected chi connectivity index (χ0v) is 18.7. The molecule has 2 aliphatic heterocycles. The zero-order valence-electron chi connectivity index (χ0n) is 18.7. The van der Waals surface area contributed by atoms with Gasteiger partial charge in [0.15, 0.2) is 0 Å². The number of aldehydes is 1. The van der Waals surface area contributed by atoms with E-state index in [0.717, 1.165) is 57.5 Å². The highest BCUT2D eigenvalue weighted by atomic mass is 19.4. The third-order valence-corrected chi connectivity index (χ3v) is 6.92. The van der Waals surface area contributed by atoms with Crippen LogP contribution in [0.4, 0.5) is 13.2 Å². The van der Waals surface area contributed by atoms with Gasteiger partial charge in [0, 0.05) is 57.3 Å². The Labute approximate surface area is 187 Å². The molecule has 0 aliphatic carbocycles. The summed E-state index contributed by atoms with van der Waals surface area (Å²) >= 11 is 0. The smallest absolute Gasteiger partial charge is 0.304 e. The number of nitrogens with zero attached hydrogens (tertiary/aromatic N) is 4. The number of carbonyl (C=O) groups excluding carboxylic acids is 1. The number of likely N-dealkylation sites (N-methyl/N-ethyl adjacent to an activating group) is 1. The van der Waals surface area contributed by atoms with E-state index in [1.165, 1.54) is 12.3 Å². The molecule has 5 nitrogen and oxygen atoms in total. The van der Waals surface area contributed by atoms with Crippen molar-refractivity contribution in [2.45, 2.75) is 38.0 Å². The molecule has 2 saturated heterocycles. The van der Waals surface area contributed by atoms with Crippen molar-refractivity contribution in [3.05, 3.63) is 41.6 Å². The number of alkyl halides is 3. The van der Waals surface area contributed by atoms with Gasteiger partial charge >= 0.3 is 6.18 Å². The largest absolute Gasteiger partial charge is 0.418 e. The first kappa shape index (κ1) is 23.1. The first-order valence-electron chi connectivity index (χ1n) is 11.3. The number of likely N-dealkylation sites (tertiary alicyclic amines) is 1. The Morgan fingerprint density at radius 3 is 2.56 bits per heavy atom. The zero-order chi connectivity index (χ0) is 22.9. The number of rotatable bonds is 5. The number of halogens is 3. The molecule has 1 aromatic heterocycles. The van der Waals surface area contributed by atoms with Gasteiger partial charge in [-0.3, -0.25) is 14.8 Å². The second kappa shape index (κ2) is 9.45. The molecular formula is C24H31F3N4O. The van der Waals surface area contributed by atoms with Gasteiger partial charge in [-0.2, -0.15) is 13.2 Å². The predicted octanol–water partition coefficient (Wildman–Crippen LogP) is 3.84. The van der Waals surface area contributed by atoms with Crippen molar-refractivity contribution in [3.8, 4) is 0 Å². The molecule has 1 aromatic carbocycles. The van der Waals surface area contributed by atoms with Crippen LogP contribution in [0.25, 0.3) is 10.9 Å². The summed E-state index contributed by atoms with van der Waals surface area (Å²) in [6.07, 6.45) is -0.640. The third kappa shape index (κ3) is 4.82. The molecule has 174 valence electrons. The summed E-state index contributed by atoms with van der Waals surface area (Å²) in [6, 6.07) is 6.27. The molecule has 3 atom stereocenters. The van der Waals surface area contributed by atoms with E-state index in [2.05, 4.69) is 33.7 Å². The van der Waals surface area contributed by atoms with Gasteiger partial charge in [-0.1, -0.05) is 19.1 Å². The number of fused-ring (bicyclic) bond motifs is 1. The highest BCUT2D eigenvalue weighted by Gasteiger charge is 2.37. The van der Waals surface area contributed by atoms with Crippen LogP contribution in [0.15, 0.2) is 30.5 Å². The number of aromatic nitrogens is 1. The molecule has 32 heavy (non-hydrogen) atoms. The fourth-order valence-electron chi connectivity index (χ4n) is 5.38. The van der Waals surface area contributed by atoms with Crippen molar-refractivity contribution in [2.75, 3.05) is 46.3 Å². The van der Waals surface area contributed by atoms with Gasteiger partial charge in [0.1, 0.15) is 6.29 Å². The summed E-state index contributed by atoms with van der Waals surface area (Å²) in [5, 5.41) is 0.577. The van der Waals surface area contributed by atoms with E-state index < -0.39 is 11.7 Å². The maximum Gasteiger partial charge on any atom is 0.418 e. The fraction of sp³-hybridized carbons (Fsp3) is 0.583. The van der Waals surface area contributed by atoms with E-state index in [4.69, 9.17) is 0 Å². The van der Waals surface area contributed by atoms with E-state index in [9.17, 15) is 18.0 Å². The number of hydrogen-bond donors (Lipinski definition) is 0. The summed E-state index contributed by atoms with van der Waals surface area (Å²) in [7, 11) is 2.11. The summed E-state index contributed by atoms with van der Waals surface area (Å²) in [5.41, 5.74) is 0.250. The van der Waals surface area contributed by atoms with Crippen molar-refractivity contribution < 1.29 is 18.0 Å². The Kier molecular flexibility index (Phi) is 6.83. The van der Waals surface area contributed by atoms with Gasteiger partial charge in [0.25, 0.3) is 0 Å². The van der Waals surface area contributed by atoms with E-state index in [0.29, 0.717) is 17.7 Å². The van der Waals surface area contributed by atoms with Gasteiger partial charge in [0.2, 0.25) is 0 Å². The summed E-state index contributed by atoms with van der Waals surface area (Å²) in [5.74, 6) is 0.471. The number of piperazine rings is 1. The summed E-state index contributed by atoms with van der Waals surface area (Å²) in [4.78, 5) is 22.7. The minimum atomic E-state index is -4.44.